The van der Waals surface area contributed by atoms with Crippen LogP contribution < -0.4 is 10.1 Å². The Balaban J connectivity index is 1.32. The van der Waals surface area contributed by atoms with Gasteiger partial charge in [-0.1, -0.05) is 30.3 Å². The largest absolute Gasteiger partial charge is 0.494 e. The van der Waals surface area contributed by atoms with Crippen LogP contribution >= 0.6 is 0 Å². The molecule has 6 nitrogen and oxygen atoms in total. The van der Waals surface area contributed by atoms with Crippen LogP contribution in [-0.4, -0.2) is 60.4 Å². The molecule has 34 heavy (non-hydrogen) atoms. The van der Waals surface area contributed by atoms with Gasteiger partial charge in [0.2, 0.25) is 11.8 Å². The monoisotopic (exact) mass is 467 g/mol. The molecule has 0 saturated carbocycles. The summed E-state index contributed by atoms with van der Waals surface area (Å²) in [5.41, 5.74) is 3.03. The minimum absolute atomic E-state index is 0.00588. The molecule has 7 heteroatoms. The first-order chi connectivity index (χ1) is 16.4. The minimum atomic E-state index is -0.484. The Morgan fingerprint density at radius 2 is 1.91 bits per heavy atom. The first-order valence-corrected chi connectivity index (χ1v) is 12.1. The Morgan fingerprint density at radius 1 is 1.15 bits per heavy atom. The maximum Gasteiger partial charge on any atom is 0.222 e. The maximum absolute atomic E-state index is 13.8. The fourth-order valence-corrected chi connectivity index (χ4v) is 5.08. The fraction of sp³-hybridized carbons (Fsp3) is 0.481. The Morgan fingerprint density at radius 3 is 2.59 bits per heavy atom. The molecule has 182 valence electrons. The van der Waals surface area contributed by atoms with Gasteiger partial charge in [0.05, 0.1) is 7.11 Å². The van der Waals surface area contributed by atoms with Crippen LogP contribution in [0, 0.1) is 12.7 Å². The summed E-state index contributed by atoms with van der Waals surface area (Å²) in [6.45, 7) is 6.20. The third-order valence-electron chi connectivity index (χ3n) is 7.19. The second-order valence-electron chi connectivity index (χ2n) is 9.56. The molecule has 2 amide bonds. The van der Waals surface area contributed by atoms with Crippen molar-refractivity contribution in [3.8, 4) is 5.75 Å². The molecule has 2 saturated heterocycles. The molecule has 2 aliphatic heterocycles. The van der Waals surface area contributed by atoms with Gasteiger partial charge in [0.1, 0.15) is 0 Å². The Labute approximate surface area is 201 Å². The van der Waals surface area contributed by atoms with E-state index in [1.807, 2.05) is 4.90 Å². The summed E-state index contributed by atoms with van der Waals surface area (Å²) in [5, 5.41) is 3.11. The molecule has 2 aromatic rings. The van der Waals surface area contributed by atoms with E-state index in [0.717, 1.165) is 38.3 Å². The van der Waals surface area contributed by atoms with E-state index < -0.39 is 11.4 Å². The van der Waals surface area contributed by atoms with E-state index in [2.05, 4.69) is 41.4 Å². The molecule has 2 fully saturated rings. The topological polar surface area (TPSA) is 61.9 Å². The van der Waals surface area contributed by atoms with Crippen LogP contribution in [-0.2, 0) is 22.6 Å². The van der Waals surface area contributed by atoms with Gasteiger partial charge in [0.15, 0.2) is 11.6 Å². The number of nitrogens with zero attached hydrogens (tertiary/aromatic N) is 2. The van der Waals surface area contributed by atoms with Crippen LogP contribution in [0.2, 0.25) is 0 Å². The number of rotatable bonds is 8. The van der Waals surface area contributed by atoms with Crippen LogP contribution in [0.1, 0.15) is 42.4 Å². The van der Waals surface area contributed by atoms with Crippen LogP contribution in [0.3, 0.4) is 0 Å². The lowest BCUT2D eigenvalue weighted by Crippen LogP contribution is -2.49. The van der Waals surface area contributed by atoms with Crippen molar-refractivity contribution in [2.24, 2.45) is 0 Å². The lowest BCUT2D eigenvalue weighted by Gasteiger charge is -2.36. The van der Waals surface area contributed by atoms with E-state index >= 15 is 0 Å². The smallest absolute Gasteiger partial charge is 0.222 e. The van der Waals surface area contributed by atoms with Crippen molar-refractivity contribution in [2.75, 3.05) is 33.3 Å². The standard InChI is InChI=1S/C27H34FN3O3/c1-20-5-3-4-6-22(20)19-30-13-15-31(16-14-30)26(33)10-12-27(11-9-25(32)29-27)18-21-7-8-23(28)24(17-21)34-2/h3-8,17H,9-16,18-19H2,1-2H3,(H,29,32). The summed E-state index contributed by atoms with van der Waals surface area (Å²) in [7, 11) is 1.44. The molecule has 4 rings (SSSR count). The van der Waals surface area contributed by atoms with E-state index in [9.17, 15) is 14.0 Å². The predicted molar refractivity (Wildman–Crippen MR) is 129 cm³/mol. The van der Waals surface area contributed by atoms with Crippen LogP contribution in [0.25, 0.3) is 0 Å². The van der Waals surface area contributed by atoms with Gasteiger partial charge in [-0.2, -0.15) is 0 Å². The number of aryl methyl sites for hydroxylation is 1. The van der Waals surface area contributed by atoms with Gasteiger partial charge in [-0.25, -0.2) is 4.39 Å². The number of nitrogens with one attached hydrogen (secondary N) is 1. The van der Waals surface area contributed by atoms with E-state index in [0.29, 0.717) is 32.1 Å². The zero-order chi connectivity index (χ0) is 24.1. The van der Waals surface area contributed by atoms with Crippen molar-refractivity contribution in [2.45, 2.75) is 51.1 Å². The van der Waals surface area contributed by atoms with Gasteiger partial charge in [0, 0.05) is 51.1 Å². The summed E-state index contributed by atoms with van der Waals surface area (Å²) in [6, 6.07) is 13.2. The number of halogens is 1. The molecule has 0 bridgehead atoms. The molecule has 1 N–H and O–H groups in total. The van der Waals surface area contributed by atoms with Crippen molar-refractivity contribution in [3.05, 3.63) is 65.0 Å². The zero-order valence-electron chi connectivity index (χ0n) is 20.1. The Hall–Kier alpha value is -2.93. The summed E-state index contributed by atoms with van der Waals surface area (Å²) >= 11 is 0. The number of piperazine rings is 1. The minimum Gasteiger partial charge on any atom is -0.494 e. The molecular weight excluding hydrogens is 433 g/mol. The highest BCUT2D eigenvalue weighted by Gasteiger charge is 2.38. The maximum atomic E-state index is 13.8. The Kier molecular flexibility index (Phi) is 7.51. The van der Waals surface area contributed by atoms with E-state index in [1.165, 1.54) is 24.3 Å². The molecule has 0 radical (unpaired) electrons. The molecular formula is C27H34FN3O3. The van der Waals surface area contributed by atoms with Crippen LogP contribution in [0.4, 0.5) is 4.39 Å². The second kappa shape index (κ2) is 10.6. The molecule has 1 unspecified atom stereocenters. The summed E-state index contributed by atoms with van der Waals surface area (Å²) in [6.07, 6.45) is 2.62. The number of ether oxygens (including phenoxy) is 1. The normalized spacial score (nSPS) is 20.9. The highest BCUT2D eigenvalue weighted by atomic mass is 19.1. The van der Waals surface area contributed by atoms with Crippen LogP contribution in [0.15, 0.2) is 42.5 Å². The van der Waals surface area contributed by atoms with Gasteiger partial charge in [-0.15, -0.1) is 0 Å². The average molecular weight is 468 g/mol. The van der Waals surface area contributed by atoms with Crippen molar-refractivity contribution in [3.63, 3.8) is 0 Å². The molecule has 2 aliphatic rings. The Bertz CT molecular complexity index is 1040. The molecule has 0 aliphatic carbocycles. The first-order valence-electron chi connectivity index (χ1n) is 12.1. The van der Waals surface area contributed by atoms with Gasteiger partial charge in [-0.3, -0.25) is 14.5 Å². The van der Waals surface area contributed by atoms with Gasteiger partial charge < -0.3 is 15.0 Å². The fourth-order valence-electron chi connectivity index (χ4n) is 5.08. The predicted octanol–water partition coefficient (Wildman–Crippen LogP) is 3.46. The van der Waals surface area contributed by atoms with Gasteiger partial charge in [0.25, 0.3) is 0 Å². The third kappa shape index (κ3) is 5.76. The summed E-state index contributed by atoms with van der Waals surface area (Å²) in [5.74, 6) is -0.0804. The number of carbonyl (C=O) groups is 2. The number of hydrogen-bond donors (Lipinski definition) is 1. The van der Waals surface area contributed by atoms with E-state index in [4.69, 9.17) is 4.74 Å². The molecule has 1 atom stereocenters. The quantitative estimate of drug-likeness (QED) is 0.646. The van der Waals surface area contributed by atoms with E-state index in [1.54, 1.807) is 12.1 Å². The third-order valence-corrected chi connectivity index (χ3v) is 7.19. The van der Waals surface area contributed by atoms with Crippen molar-refractivity contribution >= 4 is 11.8 Å². The molecule has 2 aromatic carbocycles. The number of amides is 2. The number of carbonyl (C=O) groups excluding carboxylic acids is 2. The molecule has 0 aromatic heterocycles. The molecule has 2 heterocycles. The first kappa shape index (κ1) is 24.2. The van der Waals surface area contributed by atoms with Crippen molar-refractivity contribution < 1.29 is 18.7 Å². The number of benzene rings is 2. The second-order valence-corrected chi connectivity index (χ2v) is 9.56. The lowest BCUT2D eigenvalue weighted by atomic mass is 9.84. The number of methoxy groups -OCH3 is 1. The highest BCUT2D eigenvalue weighted by molar-refractivity contribution is 5.80. The summed E-state index contributed by atoms with van der Waals surface area (Å²) in [4.78, 5) is 29.4. The average Bonchev–Trinajstić information content (AvgIpc) is 3.21. The summed E-state index contributed by atoms with van der Waals surface area (Å²) < 4.78 is 18.9. The van der Waals surface area contributed by atoms with Crippen molar-refractivity contribution in [1.82, 2.24) is 15.1 Å². The van der Waals surface area contributed by atoms with Crippen LogP contribution in [0.5, 0.6) is 5.75 Å². The van der Waals surface area contributed by atoms with Gasteiger partial charge in [-0.05, 0) is 55.0 Å². The SMILES string of the molecule is COc1cc(CC2(CCC(=O)N3CCN(Cc4ccccc4C)CC3)CCC(=O)N2)ccc1F. The van der Waals surface area contributed by atoms with Gasteiger partial charge >= 0.3 is 0 Å². The van der Waals surface area contributed by atoms with Crippen molar-refractivity contribution in [1.29, 1.82) is 0 Å². The van der Waals surface area contributed by atoms with E-state index in [-0.39, 0.29) is 17.6 Å². The number of hydrogen-bond acceptors (Lipinski definition) is 4. The lowest BCUT2D eigenvalue weighted by molar-refractivity contribution is -0.133. The molecule has 0 spiro atoms. The highest BCUT2D eigenvalue weighted by Crippen LogP contribution is 2.31. The zero-order valence-corrected chi connectivity index (χ0v) is 20.1.